The molecule has 3 rings (SSSR count). The van der Waals surface area contributed by atoms with E-state index in [1.54, 1.807) is 17.6 Å². The highest BCUT2D eigenvalue weighted by atomic mass is 32.1. The Morgan fingerprint density at radius 1 is 1.40 bits per heavy atom. The van der Waals surface area contributed by atoms with E-state index in [0.717, 1.165) is 42.0 Å². The zero-order valence-corrected chi connectivity index (χ0v) is 12.5. The highest BCUT2D eigenvalue weighted by Crippen LogP contribution is 2.30. The van der Waals surface area contributed by atoms with Crippen LogP contribution < -0.4 is 5.32 Å². The molecule has 108 valence electrons. The van der Waals surface area contributed by atoms with Crippen LogP contribution in [-0.2, 0) is 13.1 Å². The first-order valence-corrected chi connectivity index (χ1v) is 7.99. The lowest BCUT2D eigenvalue weighted by Gasteiger charge is -2.18. The third-order valence-corrected chi connectivity index (χ3v) is 4.20. The second-order valence-electron chi connectivity index (χ2n) is 5.14. The number of nitrogens with one attached hydrogen (secondary N) is 1. The maximum absolute atomic E-state index is 5.45. The van der Waals surface area contributed by atoms with E-state index >= 15 is 0 Å². The zero-order chi connectivity index (χ0) is 13.8. The molecule has 1 aliphatic carbocycles. The summed E-state index contributed by atoms with van der Waals surface area (Å²) in [4.78, 5) is 2.43. The van der Waals surface area contributed by atoms with Crippen molar-refractivity contribution >= 4 is 16.5 Å². The van der Waals surface area contributed by atoms with E-state index in [2.05, 4.69) is 27.3 Å². The Kier molecular flexibility index (Phi) is 4.32. The number of furan rings is 1. The Morgan fingerprint density at radius 3 is 3.00 bits per heavy atom. The van der Waals surface area contributed by atoms with Gasteiger partial charge >= 0.3 is 0 Å². The van der Waals surface area contributed by atoms with Crippen molar-refractivity contribution in [2.45, 2.75) is 45.3 Å². The Balaban J connectivity index is 1.59. The van der Waals surface area contributed by atoms with Crippen molar-refractivity contribution in [2.75, 3.05) is 11.9 Å². The van der Waals surface area contributed by atoms with Crippen molar-refractivity contribution in [1.82, 2.24) is 15.1 Å². The summed E-state index contributed by atoms with van der Waals surface area (Å²) >= 11 is 1.65. The van der Waals surface area contributed by atoms with Gasteiger partial charge in [-0.3, -0.25) is 4.90 Å². The molecule has 0 spiro atoms. The molecule has 1 fully saturated rings. The van der Waals surface area contributed by atoms with Crippen molar-refractivity contribution in [2.24, 2.45) is 0 Å². The fourth-order valence-corrected chi connectivity index (χ4v) is 2.94. The van der Waals surface area contributed by atoms with E-state index in [9.17, 15) is 0 Å². The van der Waals surface area contributed by atoms with Gasteiger partial charge < -0.3 is 9.73 Å². The van der Waals surface area contributed by atoms with Gasteiger partial charge in [-0.25, -0.2) is 0 Å². The molecule has 0 bridgehead atoms. The Hall–Kier alpha value is -1.40. The largest absolute Gasteiger partial charge is 0.468 e. The molecule has 1 aliphatic rings. The Bertz CT molecular complexity index is 521. The van der Waals surface area contributed by atoms with Crippen LogP contribution in [0.4, 0.5) is 5.13 Å². The van der Waals surface area contributed by atoms with E-state index in [1.165, 1.54) is 12.8 Å². The third-order valence-electron chi connectivity index (χ3n) is 3.33. The minimum atomic E-state index is 0.677. The van der Waals surface area contributed by atoms with Crippen LogP contribution in [0.3, 0.4) is 0 Å². The molecular weight excluding hydrogens is 272 g/mol. The number of nitrogens with zero attached hydrogens (tertiary/aromatic N) is 3. The molecule has 2 heterocycles. The molecule has 0 aromatic carbocycles. The topological polar surface area (TPSA) is 54.2 Å². The van der Waals surface area contributed by atoms with Crippen LogP contribution in [0, 0.1) is 0 Å². The monoisotopic (exact) mass is 292 g/mol. The van der Waals surface area contributed by atoms with Crippen molar-refractivity contribution in [3.05, 3.63) is 29.2 Å². The average molecular weight is 292 g/mol. The third kappa shape index (κ3) is 3.58. The van der Waals surface area contributed by atoms with Gasteiger partial charge in [0.2, 0.25) is 5.13 Å². The smallest absolute Gasteiger partial charge is 0.205 e. The Labute approximate surface area is 123 Å². The molecule has 0 aliphatic heterocycles. The molecule has 0 amide bonds. The van der Waals surface area contributed by atoms with Crippen LogP contribution in [0.5, 0.6) is 0 Å². The van der Waals surface area contributed by atoms with Crippen molar-refractivity contribution in [1.29, 1.82) is 0 Å². The van der Waals surface area contributed by atoms with Gasteiger partial charge in [-0.05, 0) is 31.4 Å². The van der Waals surface area contributed by atoms with E-state index in [1.807, 2.05) is 12.1 Å². The number of anilines is 1. The average Bonchev–Trinajstić information content (AvgIpc) is 3.00. The number of hydrogen-bond acceptors (Lipinski definition) is 6. The molecule has 0 unspecified atom stereocenters. The van der Waals surface area contributed by atoms with E-state index in [4.69, 9.17) is 4.42 Å². The van der Waals surface area contributed by atoms with Crippen LogP contribution in [-0.4, -0.2) is 27.7 Å². The minimum Gasteiger partial charge on any atom is -0.468 e. The van der Waals surface area contributed by atoms with Crippen LogP contribution in [0.15, 0.2) is 22.8 Å². The number of hydrogen-bond donors (Lipinski definition) is 1. The van der Waals surface area contributed by atoms with Gasteiger partial charge in [-0.1, -0.05) is 18.3 Å². The zero-order valence-electron chi connectivity index (χ0n) is 11.7. The van der Waals surface area contributed by atoms with Gasteiger partial charge in [0.1, 0.15) is 10.8 Å². The first-order valence-electron chi connectivity index (χ1n) is 7.18. The van der Waals surface area contributed by atoms with Crippen LogP contribution >= 0.6 is 11.3 Å². The molecule has 1 N–H and O–H groups in total. The molecule has 6 heteroatoms. The molecule has 0 saturated heterocycles. The number of rotatable bonds is 8. The van der Waals surface area contributed by atoms with Gasteiger partial charge in [-0.2, -0.15) is 0 Å². The second kappa shape index (κ2) is 6.37. The van der Waals surface area contributed by atoms with Crippen molar-refractivity contribution in [3.63, 3.8) is 0 Å². The van der Waals surface area contributed by atoms with E-state index in [-0.39, 0.29) is 0 Å². The highest BCUT2D eigenvalue weighted by Gasteiger charge is 2.30. The summed E-state index contributed by atoms with van der Waals surface area (Å²) < 4.78 is 5.45. The summed E-state index contributed by atoms with van der Waals surface area (Å²) in [6.45, 7) is 4.81. The molecular formula is C14H20N4OS. The molecule has 2 aromatic heterocycles. The van der Waals surface area contributed by atoms with Crippen LogP contribution in [0.25, 0.3) is 0 Å². The Morgan fingerprint density at radius 2 is 2.30 bits per heavy atom. The standard InChI is InChI=1S/C14H20N4OS/c1-2-7-15-14-17-16-13(20-14)10-18(11-5-6-11)9-12-4-3-8-19-12/h3-4,8,11H,2,5-7,9-10H2,1H3,(H,15,17). The molecule has 0 atom stereocenters. The van der Waals surface area contributed by atoms with Gasteiger partial charge in [0.15, 0.2) is 0 Å². The van der Waals surface area contributed by atoms with E-state index in [0.29, 0.717) is 6.04 Å². The van der Waals surface area contributed by atoms with Crippen LogP contribution in [0.2, 0.25) is 0 Å². The van der Waals surface area contributed by atoms with Gasteiger partial charge in [-0.15, -0.1) is 10.2 Å². The fourth-order valence-electron chi connectivity index (χ4n) is 2.15. The summed E-state index contributed by atoms with van der Waals surface area (Å²) in [5.74, 6) is 1.02. The molecule has 1 saturated carbocycles. The summed E-state index contributed by atoms with van der Waals surface area (Å²) in [6, 6.07) is 4.65. The van der Waals surface area contributed by atoms with Gasteiger partial charge in [0, 0.05) is 12.6 Å². The van der Waals surface area contributed by atoms with Gasteiger partial charge in [0.25, 0.3) is 0 Å². The van der Waals surface area contributed by atoms with Crippen molar-refractivity contribution < 1.29 is 4.42 Å². The number of aromatic nitrogens is 2. The van der Waals surface area contributed by atoms with E-state index < -0.39 is 0 Å². The predicted molar refractivity (Wildman–Crippen MR) is 79.7 cm³/mol. The first kappa shape index (κ1) is 13.6. The second-order valence-corrected chi connectivity index (χ2v) is 6.21. The molecule has 2 aromatic rings. The summed E-state index contributed by atoms with van der Waals surface area (Å²) in [5, 5.41) is 13.8. The molecule has 5 nitrogen and oxygen atoms in total. The lowest BCUT2D eigenvalue weighted by atomic mass is 10.4. The summed E-state index contributed by atoms with van der Waals surface area (Å²) in [5.41, 5.74) is 0. The highest BCUT2D eigenvalue weighted by molar-refractivity contribution is 7.15. The van der Waals surface area contributed by atoms with Crippen LogP contribution in [0.1, 0.15) is 37.0 Å². The van der Waals surface area contributed by atoms with Gasteiger partial charge in [0.05, 0.1) is 19.4 Å². The first-order chi connectivity index (χ1) is 9.85. The quantitative estimate of drug-likeness (QED) is 0.810. The molecule has 20 heavy (non-hydrogen) atoms. The van der Waals surface area contributed by atoms with Crippen molar-refractivity contribution in [3.8, 4) is 0 Å². The lowest BCUT2D eigenvalue weighted by Crippen LogP contribution is -2.24. The predicted octanol–water partition coefficient (Wildman–Crippen LogP) is 3.12. The SMILES string of the molecule is CCCNc1nnc(CN(Cc2ccco2)C2CC2)s1. The molecule has 0 radical (unpaired) electrons. The summed E-state index contributed by atoms with van der Waals surface area (Å²) in [7, 11) is 0. The summed E-state index contributed by atoms with van der Waals surface area (Å²) in [6.07, 6.45) is 5.39. The lowest BCUT2D eigenvalue weighted by molar-refractivity contribution is 0.224. The maximum atomic E-state index is 5.45. The minimum absolute atomic E-state index is 0.677. The normalized spacial score (nSPS) is 14.9. The maximum Gasteiger partial charge on any atom is 0.205 e. The fraction of sp³-hybridized carbons (Fsp3) is 0.571.